The minimum atomic E-state index is 0.0800. The van der Waals surface area contributed by atoms with Gasteiger partial charge in [-0.3, -0.25) is 9.36 Å². The predicted octanol–water partition coefficient (Wildman–Crippen LogP) is 4.16. The molecule has 0 N–H and O–H groups in total. The summed E-state index contributed by atoms with van der Waals surface area (Å²) in [6, 6.07) is 9.83. The Morgan fingerprint density at radius 2 is 2.14 bits per heavy atom. The molecule has 0 saturated heterocycles. The number of rotatable bonds is 4. The van der Waals surface area contributed by atoms with Crippen LogP contribution in [-0.2, 0) is 6.42 Å². The summed E-state index contributed by atoms with van der Waals surface area (Å²) < 4.78 is 1.78. The fourth-order valence-electron chi connectivity index (χ4n) is 2.45. The van der Waals surface area contributed by atoms with Crippen LogP contribution in [0.15, 0.2) is 45.2 Å². The normalized spacial score (nSPS) is 18.2. The van der Waals surface area contributed by atoms with E-state index in [2.05, 4.69) is 20.8 Å². The maximum Gasteiger partial charge on any atom is 0.272 e. The van der Waals surface area contributed by atoms with Crippen molar-refractivity contribution in [3.05, 3.63) is 46.4 Å². The summed E-state index contributed by atoms with van der Waals surface area (Å²) in [4.78, 5) is 18.6. The van der Waals surface area contributed by atoms with Crippen molar-refractivity contribution >= 4 is 23.5 Å². The molecule has 3 nitrogen and oxygen atoms in total. The molecule has 1 aromatic carbocycles. The summed E-state index contributed by atoms with van der Waals surface area (Å²) in [5, 5.41) is 1.69. The lowest BCUT2D eigenvalue weighted by Gasteiger charge is -2.15. The molecule has 0 saturated carbocycles. The van der Waals surface area contributed by atoms with Crippen molar-refractivity contribution in [3.8, 4) is 5.69 Å². The van der Waals surface area contributed by atoms with Gasteiger partial charge in [-0.1, -0.05) is 50.7 Å². The van der Waals surface area contributed by atoms with Gasteiger partial charge in [-0.25, -0.2) is 4.98 Å². The quantitative estimate of drug-likeness (QED) is 0.622. The average molecular weight is 332 g/mol. The molecule has 0 amide bonds. The summed E-state index contributed by atoms with van der Waals surface area (Å²) in [6.45, 7) is 6.49. The first-order chi connectivity index (χ1) is 10.6. The van der Waals surface area contributed by atoms with Crippen LogP contribution in [0.5, 0.6) is 0 Å². The lowest BCUT2D eigenvalue weighted by Crippen LogP contribution is -2.24. The maximum absolute atomic E-state index is 13.0. The minimum absolute atomic E-state index is 0.0800. The van der Waals surface area contributed by atoms with Gasteiger partial charge in [-0.15, -0.1) is 11.8 Å². The van der Waals surface area contributed by atoms with Crippen molar-refractivity contribution in [1.29, 1.82) is 0 Å². The van der Waals surface area contributed by atoms with Crippen molar-refractivity contribution in [2.75, 3.05) is 0 Å². The van der Waals surface area contributed by atoms with Crippen LogP contribution in [0.4, 0.5) is 0 Å². The largest absolute Gasteiger partial charge is 0.272 e. The molecule has 3 rings (SSSR count). The molecule has 0 aliphatic carbocycles. The molecule has 0 bridgehead atoms. The van der Waals surface area contributed by atoms with Gasteiger partial charge in [0.05, 0.1) is 16.3 Å². The smallest absolute Gasteiger partial charge is 0.268 e. The molecule has 22 heavy (non-hydrogen) atoms. The number of benzene rings is 1. The molecule has 5 heteroatoms. The van der Waals surface area contributed by atoms with Crippen LogP contribution in [0.3, 0.4) is 0 Å². The van der Waals surface area contributed by atoms with Gasteiger partial charge in [0.15, 0.2) is 5.16 Å². The number of hydrogen-bond donors (Lipinski definition) is 0. The van der Waals surface area contributed by atoms with E-state index in [-0.39, 0.29) is 5.56 Å². The molecular weight excluding hydrogens is 312 g/mol. The zero-order valence-corrected chi connectivity index (χ0v) is 14.7. The first-order valence-electron chi connectivity index (χ1n) is 7.64. The van der Waals surface area contributed by atoms with Crippen LogP contribution < -0.4 is 5.56 Å². The number of nitrogens with zero attached hydrogens (tertiary/aromatic N) is 2. The second-order valence-corrected chi connectivity index (χ2v) is 8.47. The molecule has 116 valence electrons. The van der Waals surface area contributed by atoms with Gasteiger partial charge in [-0.2, -0.15) is 0 Å². The summed E-state index contributed by atoms with van der Waals surface area (Å²) in [5.41, 5.74) is 1.95. The fraction of sp³-hybridized carbons (Fsp3) is 0.412. The Hall–Kier alpha value is -1.20. The third-order valence-electron chi connectivity index (χ3n) is 3.78. The van der Waals surface area contributed by atoms with Gasteiger partial charge in [-0.05, 0) is 18.6 Å². The Morgan fingerprint density at radius 3 is 2.82 bits per heavy atom. The van der Waals surface area contributed by atoms with E-state index in [1.54, 1.807) is 28.1 Å². The van der Waals surface area contributed by atoms with Crippen LogP contribution >= 0.6 is 23.5 Å². The molecule has 0 fully saturated rings. The topological polar surface area (TPSA) is 34.9 Å². The molecule has 1 aromatic heterocycles. The molecule has 2 atom stereocenters. The van der Waals surface area contributed by atoms with Crippen LogP contribution in [-0.4, -0.2) is 20.1 Å². The molecule has 0 radical (unpaired) electrons. The van der Waals surface area contributed by atoms with Gasteiger partial charge in [0.2, 0.25) is 0 Å². The van der Waals surface area contributed by atoms with Crippen molar-refractivity contribution in [2.24, 2.45) is 0 Å². The van der Waals surface area contributed by atoms with Crippen molar-refractivity contribution in [2.45, 2.75) is 54.2 Å². The molecule has 1 aliphatic rings. The third-order valence-corrected chi connectivity index (χ3v) is 6.21. The molecule has 0 spiro atoms. The van der Waals surface area contributed by atoms with E-state index in [1.807, 2.05) is 30.3 Å². The predicted molar refractivity (Wildman–Crippen MR) is 94.5 cm³/mol. The zero-order chi connectivity index (χ0) is 15.7. The zero-order valence-electron chi connectivity index (χ0n) is 13.1. The standard InChI is InChI=1S/C17H20N2OS2/c1-4-11(2)22-17-18-14-10-12(3)21-15(14)16(20)19(17)13-8-6-5-7-9-13/h5-9,11-12H,4,10H2,1-3H3. The highest BCUT2D eigenvalue weighted by molar-refractivity contribution is 8.00. The third kappa shape index (κ3) is 2.97. The van der Waals surface area contributed by atoms with Crippen LogP contribution in [0.1, 0.15) is 32.9 Å². The van der Waals surface area contributed by atoms with E-state index in [4.69, 9.17) is 4.98 Å². The Kier molecular flexibility index (Phi) is 4.64. The summed E-state index contributed by atoms with van der Waals surface area (Å²) in [7, 11) is 0. The second-order valence-electron chi connectivity index (χ2n) is 5.62. The van der Waals surface area contributed by atoms with E-state index in [0.29, 0.717) is 10.5 Å². The summed E-state index contributed by atoms with van der Waals surface area (Å²) in [6.07, 6.45) is 1.94. The number of para-hydroxylation sites is 1. The number of fused-ring (bicyclic) bond motifs is 1. The maximum atomic E-state index is 13.0. The first kappa shape index (κ1) is 15.7. The Morgan fingerprint density at radius 1 is 1.41 bits per heavy atom. The lowest BCUT2D eigenvalue weighted by molar-refractivity contribution is 0.726. The highest BCUT2D eigenvalue weighted by Gasteiger charge is 2.27. The number of thioether (sulfide) groups is 2. The van der Waals surface area contributed by atoms with Crippen molar-refractivity contribution in [1.82, 2.24) is 9.55 Å². The van der Waals surface area contributed by atoms with Crippen LogP contribution in [0.25, 0.3) is 5.69 Å². The second kappa shape index (κ2) is 6.50. The lowest BCUT2D eigenvalue weighted by atomic mass is 10.2. The van der Waals surface area contributed by atoms with Crippen LogP contribution in [0.2, 0.25) is 0 Å². The van der Waals surface area contributed by atoms with Gasteiger partial charge in [0.1, 0.15) is 0 Å². The van der Waals surface area contributed by atoms with E-state index in [9.17, 15) is 4.79 Å². The molecule has 2 aromatic rings. The highest BCUT2D eigenvalue weighted by atomic mass is 32.2. The summed E-state index contributed by atoms with van der Waals surface area (Å²) >= 11 is 3.34. The fourth-order valence-corrected chi connectivity index (χ4v) is 4.53. The van der Waals surface area contributed by atoms with Gasteiger partial charge in [0.25, 0.3) is 5.56 Å². The minimum Gasteiger partial charge on any atom is -0.268 e. The SMILES string of the molecule is CCC(C)Sc1nc2c(c(=O)n1-c1ccccc1)SC(C)C2. The molecule has 2 unspecified atom stereocenters. The van der Waals surface area contributed by atoms with Crippen LogP contribution in [0, 0.1) is 0 Å². The first-order valence-corrected chi connectivity index (χ1v) is 9.40. The Balaban J connectivity index is 2.18. The van der Waals surface area contributed by atoms with E-state index in [0.717, 1.165) is 34.3 Å². The summed E-state index contributed by atoms with van der Waals surface area (Å²) in [5.74, 6) is 0. The Bertz CT molecular complexity index is 727. The average Bonchev–Trinajstić information content (AvgIpc) is 2.89. The van der Waals surface area contributed by atoms with E-state index < -0.39 is 0 Å². The van der Waals surface area contributed by atoms with Gasteiger partial charge < -0.3 is 0 Å². The molecule has 2 heterocycles. The van der Waals surface area contributed by atoms with Crippen molar-refractivity contribution in [3.63, 3.8) is 0 Å². The number of hydrogen-bond acceptors (Lipinski definition) is 4. The number of aromatic nitrogens is 2. The Labute approximate surface area is 139 Å². The van der Waals surface area contributed by atoms with E-state index in [1.165, 1.54) is 0 Å². The van der Waals surface area contributed by atoms with Gasteiger partial charge in [0, 0.05) is 16.9 Å². The van der Waals surface area contributed by atoms with Gasteiger partial charge >= 0.3 is 0 Å². The molecular formula is C17H20N2OS2. The monoisotopic (exact) mass is 332 g/mol. The molecule has 1 aliphatic heterocycles. The van der Waals surface area contributed by atoms with E-state index >= 15 is 0 Å². The van der Waals surface area contributed by atoms with Crippen molar-refractivity contribution < 1.29 is 0 Å². The highest BCUT2D eigenvalue weighted by Crippen LogP contribution is 2.35.